The van der Waals surface area contributed by atoms with Gasteiger partial charge in [0.25, 0.3) is 0 Å². The lowest BCUT2D eigenvalue weighted by Gasteiger charge is -2.10. The highest BCUT2D eigenvalue weighted by atomic mass is 19.1. The van der Waals surface area contributed by atoms with Gasteiger partial charge in [0.05, 0.1) is 5.69 Å². The van der Waals surface area contributed by atoms with E-state index in [2.05, 4.69) is 0 Å². The molecule has 2 aromatic rings. The van der Waals surface area contributed by atoms with Gasteiger partial charge in [-0.15, -0.1) is 0 Å². The second-order valence-corrected chi connectivity index (χ2v) is 3.56. The number of nitrogens with zero attached hydrogens (tertiary/aromatic N) is 1. The maximum atomic E-state index is 13.7. The van der Waals surface area contributed by atoms with Crippen molar-refractivity contribution in [3.63, 3.8) is 0 Å². The molecule has 0 aliphatic heterocycles. The van der Waals surface area contributed by atoms with Crippen molar-refractivity contribution in [3.05, 3.63) is 47.5 Å². The van der Waals surface area contributed by atoms with Crippen molar-refractivity contribution < 1.29 is 9.50 Å². The second kappa shape index (κ2) is 3.42. The number of hydrogen-bond acceptors (Lipinski definition) is 1. The summed E-state index contributed by atoms with van der Waals surface area (Å²) in [5.41, 5.74) is 2.27. The minimum Gasteiger partial charge on any atom is -0.505 e. The summed E-state index contributed by atoms with van der Waals surface area (Å²) in [4.78, 5) is 0. The summed E-state index contributed by atoms with van der Waals surface area (Å²) in [5.74, 6) is -0.903. The predicted molar refractivity (Wildman–Crippen MR) is 56.9 cm³/mol. The highest BCUT2D eigenvalue weighted by Crippen LogP contribution is 2.24. The third kappa shape index (κ3) is 1.50. The fraction of sp³-hybridized carbons (Fsp3) is 0.167. The maximum absolute atomic E-state index is 13.7. The highest BCUT2D eigenvalue weighted by molar-refractivity contribution is 5.44. The molecule has 0 fully saturated rings. The Morgan fingerprint density at radius 2 is 1.67 bits per heavy atom. The van der Waals surface area contributed by atoms with Crippen LogP contribution in [0.2, 0.25) is 0 Å². The molecule has 0 amide bonds. The molecule has 3 heteroatoms. The molecule has 0 unspecified atom stereocenters. The molecule has 15 heavy (non-hydrogen) atoms. The van der Waals surface area contributed by atoms with Gasteiger partial charge >= 0.3 is 0 Å². The van der Waals surface area contributed by atoms with Crippen LogP contribution in [0.3, 0.4) is 0 Å². The molecule has 1 N–H and O–H groups in total. The van der Waals surface area contributed by atoms with Gasteiger partial charge in [0.15, 0.2) is 11.6 Å². The maximum Gasteiger partial charge on any atom is 0.188 e. The van der Waals surface area contributed by atoms with Crippen LogP contribution in [0.5, 0.6) is 5.75 Å². The minimum atomic E-state index is -0.583. The average Bonchev–Trinajstić information content (AvgIpc) is 2.52. The number of benzene rings is 1. The SMILES string of the molecule is Cc1ccc(C)n1-c1cccc(O)c1F. The summed E-state index contributed by atoms with van der Waals surface area (Å²) in [6.45, 7) is 3.80. The van der Waals surface area contributed by atoms with Crippen molar-refractivity contribution in [3.8, 4) is 11.4 Å². The first-order valence-electron chi connectivity index (χ1n) is 4.74. The Hall–Kier alpha value is -1.77. The Labute approximate surface area is 87.6 Å². The highest BCUT2D eigenvalue weighted by Gasteiger charge is 2.11. The summed E-state index contributed by atoms with van der Waals surface area (Å²) >= 11 is 0. The molecule has 0 atom stereocenters. The fourth-order valence-corrected chi connectivity index (χ4v) is 1.73. The molecule has 0 aliphatic rings. The second-order valence-electron chi connectivity index (χ2n) is 3.56. The van der Waals surface area contributed by atoms with Crippen molar-refractivity contribution >= 4 is 0 Å². The molecule has 2 nitrogen and oxygen atoms in total. The van der Waals surface area contributed by atoms with E-state index in [9.17, 15) is 9.50 Å². The minimum absolute atomic E-state index is 0.319. The standard InChI is InChI=1S/C12H12FNO/c1-8-6-7-9(2)14(8)10-4-3-5-11(15)12(10)13/h3-7,15H,1-2H3. The lowest BCUT2D eigenvalue weighted by atomic mass is 10.2. The van der Waals surface area contributed by atoms with Crippen LogP contribution in [0.15, 0.2) is 30.3 Å². The van der Waals surface area contributed by atoms with Gasteiger partial charge in [-0.2, -0.15) is 0 Å². The smallest absolute Gasteiger partial charge is 0.188 e. The van der Waals surface area contributed by atoms with Crippen molar-refractivity contribution in [2.45, 2.75) is 13.8 Å². The van der Waals surface area contributed by atoms with Crippen LogP contribution >= 0.6 is 0 Å². The molecule has 78 valence electrons. The zero-order valence-electron chi connectivity index (χ0n) is 8.66. The van der Waals surface area contributed by atoms with Crippen LogP contribution < -0.4 is 0 Å². The Morgan fingerprint density at radius 3 is 2.27 bits per heavy atom. The summed E-state index contributed by atoms with van der Waals surface area (Å²) in [6, 6.07) is 8.45. The van der Waals surface area contributed by atoms with E-state index in [0.717, 1.165) is 11.4 Å². The Bertz CT molecular complexity index is 483. The van der Waals surface area contributed by atoms with Crippen molar-refractivity contribution in [1.29, 1.82) is 0 Å². The van der Waals surface area contributed by atoms with Crippen LogP contribution in [0.25, 0.3) is 5.69 Å². The Morgan fingerprint density at radius 1 is 1.07 bits per heavy atom. The van der Waals surface area contributed by atoms with Gasteiger partial charge in [0.2, 0.25) is 0 Å². The number of aromatic nitrogens is 1. The number of hydrogen-bond donors (Lipinski definition) is 1. The van der Waals surface area contributed by atoms with Crippen molar-refractivity contribution in [2.24, 2.45) is 0 Å². The predicted octanol–water partition coefficient (Wildman–Crippen LogP) is 2.94. The van der Waals surface area contributed by atoms with Gasteiger partial charge in [-0.25, -0.2) is 4.39 Å². The quantitative estimate of drug-likeness (QED) is 0.760. The van der Waals surface area contributed by atoms with E-state index < -0.39 is 5.82 Å². The normalized spacial score (nSPS) is 10.6. The van der Waals surface area contributed by atoms with E-state index in [1.165, 1.54) is 6.07 Å². The first-order valence-corrected chi connectivity index (χ1v) is 4.74. The van der Waals surface area contributed by atoms with E-state index in [4.69, 9.17) is 0 Å². The molecule has 0 aliphatic carbocycles. The van der Waals surface area contributed by atoms with E-state index in [-0.39, 0.29) is 5.75 Å². The van der Waals surface area contributed by atoms with Crippen molar-refractivity contribution in [1.82, 2.24) is 4.57 Å². The summed E-state index contributed by atoms with van der Waals surface area (Å²) < 4.78 is 15.4. The average molecular weight is 205 g/mol. The van der Waals surface area contributed by atoms with Crippen LogP contribution in [0, 0.1) is 19.7 Å². The summed E-state index contributed by atoms with van der Waals surface area (Å²) in [6.07, 6.45) is 0. The first kappa shape index (κ1) is 9.77. The zero-order chi connectivity index (χ0) is 11.0. The number of phenols is 1. The van der Waals surface area contributed by atoms with Gasteiger partial charge in [-0.1, -0.05) is 6.07 Å². The lowest BCUT2D eigenvalue weighted by Crippen LogP contribution is -2.01. The van der Waals surface area contributed by atoms with Gasteiger partial charge in [-0.05, 0) is 38.1 Å². The molecule has 0 saturated carbocycles. The Kier molecular flexibility index (Phi) is 2.23. The molecular weight excluding hydrogens is 193 g/mol. The summed E-state index contributed by atoms with van der Waals surface area (Å²) in [7, 11) is 0. The largest absolute Gasteiger partial charge is 0.505 e. The number of phenolic OH excluding ortho intramolecular Hbond substituents is 1. The molecule has 0 bridgehead atoms. The molecule has 2 rings (SSSR count). The fourth-order valence-electron chi connectivity index (χ4n) is 1.73. The number of aryl methyl sites for hydroxylation is 2. The molecule has 0 spiro atoms. The number of aromatic hydroxyl groups is 1. The van der Waals surface area contributed by atoms with E-state index in [0.29, 0.717) is 5.69 Å². The third-order valence-electron chi connectivity index (χ3n) is 2.47. The zero-order valence-corrected chi connectivity index (χ0v) is 8.66. The number of halogens is 1. The molecule has 1 aromatic carbocycles. The van der Waals surface area contributed by atoms with Gasteiger partial charge in [0, 0.05) is 11.4 Å². The molecule has 0 saturated heterocycles. The Balaban J connectivity index is 2.69. The van der Waals surface area contributed by atoms with Crippen LogP contribution in [0.4, 0.5) is 4.39 Å². The first-order chi connectivity index (χ1) is 7.11. The topological polar surface area (TPSA) is 25.2 Å². The van der Waals surface area contributed by atoms with Crippen LogP contribution in [-0.2, 0) is 0 Å². The van der Waals surface area contributed by atoms with Crippen LogP contribution in [-0.4, -0.2) is 9.67 Å². The molecule has 0 radical (unpaired) electrons. The summed E-state index contributed by atoms with van der Waals surface area (Å²) in [5, 5.41) is 9.29. The third-order valence-corrected chi connectivity index (χ3v) is 2.47. The molecule has 1 heterocycles. The molecular formula is C12H12FNO. The lowest BCUT2D eigenvalue weighted by molar-refractivity contribution is 0.430. The van der Waals surface area contributed by atoms with Crippen LogP contribution in [0.1, 0.15) is 11.4 Å². The van der Waals surface area contributed by atoms with Crippen molar-refractivity contribution in [2.75, 3.05) is 0 Å². The van der Waals surface area contributed by atoms with Gasteiger partial charge in [-0.3, -0.25) is 0 Å². The van der Waals surface area contributed by atoms with E-state index in [1.807, 2.05) is 26.0 Å². The van der Waals surface area contributed by atoms with E-state index >= 15 is 0 Å². The monoisotopic (exact) mass is 205 g/mol. The number of rotatable bonds is 1. The van der Waals surface area contributed by atoms with E-state index in [1.54, 1.807) is 16.7 Å². The van der Waals surface area contributed by atoms with Gasteiger partial charge < -0.3 is 9.67 Å². The molecule has 1 aromatic heterocycles. The van der Waals surface area contributed by atoms with Gasteiger partial charge in [0.1, 0.15) is 0 Å².